The van der Waals surface area contributed by atoms with E-state index < -0.39 is 36.3 Å². The predicted molar refractivity (Wildman–Crippen MR) is 148 cm³/mol. The van der Waals surface area contributed by atoms with E-state index in [-0.39, 0.29) is 28.4 Å². The van der Waals surface area contributed by atoms with Crippen LogP contribution in [0.15, 0.2) is 42.6 Å². The summed E-state index contributed by atoms with van der Waals surface area (Å²) < 4.78 is 29.0. The average molecular weight is 619 g/mol. The van der Waals surface area contributed by atoms with E-state index >= 15 is 0 Å². The lowest BCUT2D eigenvalue weighted by molar-refractivity contribution is -0.144. The van der Waals surface area contributed by atoms with Crippen LogP contribution < -0.4 is 15.4 Å². The van der Waals surface area contributed by atoms with Crippen molar-refractivity contribution in [3.05, 3.63) is 63.8 Å². The second-order valence-corrected chi connectivity index (χ2v) is 10.8. The maximum Gasteiger partial charge on any atom is 0.388 e. The molecule has 4 amide bonds. The molecule has 3 aromatic rings. The minimum atomic E-state index is -3.01. The maximum absolute atomic E-state index is 13.4. The Kier molecular flexibility index (Phi) is 8.64. The number of rotatable bonds is 9. The molecule has 4 heterocycles. The molecule has 1 saturated heterocycles. The Bertz CT molecular complexity index is 1520. The van der Waals surface area contributed by atoms with Gasteiger partial charge in [-0.15, -0.1) is 11.3 Å². The molecular weight excluding hydrogens is 594 g/mol. The summed E-state index contributed by atoms with van der Waals surface area (Å²) in [5, 5.41) is 8.57. The van der Waals surface area contributed by atoms with Crippen molar-refractivity contribution in [2.45, 2.75) is 32.4 Å². The Morgan fingerprint density at radius 3 is 2.64 bits per heavy atom. The van der Waals surface area contributed by atoms with E-state index in [2.05, 4.69) is 25.3 Å². The summed E-state index contributed by atoms with van der Waals surface area (Å²) in [5.74, 6) is -2.67. The van der Waals surface area contributed by atoms with Crippen LogP contribution in [0.2, 0.25) is 5.15 Å². The fraction of sp³-hybridized carbons (Fsp3) is 0.333. The first-order valence-electron chi connectivity index (χ1n) is 13.1. The van der Waals surface area contributed by atoms with E-state index in [1.165, 1.54) is 28.3 Å². The third-order valence-corrected chi connectivity index (χ3v) is 8.40. The molecule has 2 aliphatic rings. The molecule has 0 spiro atoms. The van der Waals surface area contributed by atoms with Gasteiger partial charge >= 0.3 is 6.61 Å². The lowest BCUT2D eigenvalue weighted by atomic mass is 9.97. The molecular formula is C27H25ClF2N6O5S. The summed E-state index contributed by atoms with van der Waals surface area (Å²) in [6, 6.07) is 8.35. The lowest BCUT2D eigenvalue weighted by Gasteiger charge is -2.28. The van der Waals surface area contributed by atoms with Gasteiger partial charge in [0.1, 0.15) is 15.9 Å². The van der Waals surface area contributed by atoms with Gasteiger partial charge in [0.25, 0.3) is 17.7 Å². The van der Waals surface area contributed by atoms with E-state index in [1.54, 1.807) is 31.2 Å². The van der Waals surface area contributed by atoms with E-state index in [4.69, 9.17) is 11.6 Å². The number of amides is 4. The van der Waals surface area contributed by atoms with Gasteiger partial charge < -0.3 is 15.4 Å². The van der Waals surface area contributed by atoms with Crippen LogP contribution in [0.25, 0.3) is 10.6 Å². The first-order valence-corrected chi connectivity index (χ1v) is 14.3. The monoisotopic (exact) mass is 618 g/mol. The standard InChI is InChI=1S/C27H25ClF2N6O5S/c1-2-14(12-32-23(38)20-21(28)34-24(42-20)15-8-9-18(31-13-15)41-27(29)30)22(37)33-19-16-6-3-4-7-17(16)25(39)35-10-5-11-36(35)26(19)40/h3-4,6-9,13-14,19,27H,2,5,10-12H2,1H3,(H,32,38)(H,33,37)/t14-,19+/m1/s1. The fourth-order valence-electron chi connectivity index (χ4n) is 4.77. The Labute approximate surface area is 247 Å². The van der Waals surface area contributed by atoms with Crippen molar-refractivity contribution in [3.63, 3.8) is 0 Å². The number of carbonyl (C=O) groups is 4. The third-order valence-electron chi connectivity index (χ3n) is 6.91. The van der Waals surface area contributed by atoms with Crippen LogP contribution >= 0.6 is 22.9 Å². The van der Waals surface area contributed by atoms with Gasteiger partial charge in [-0.25, -0.2) is 20.0 Å². The normalized spacial score (nSPS) is 17.0. The van der Waals surface area contributed by atoms with Crippen LogP contribution in [-0.2, 0) is 9.59 Å². The summed E-state index contributed by atoms with van der Waals surface area (Å²) >= 11 is 7.18. The summed E-state index contributed by atoms with van der Waals surface area (Å²) in [6.07, 6.45) is 2.26. The van der Waals surface area contributed by atoms with Gasteiger partial charge in [0.15, 0.2) is 5.15 Å². The number of hydrazine groups is 1. The smallest absolute Gasteiger partial charge is 0.388 e. The number of carbonyl (C=O) groups excluding carboxylic acids is 4. The number of ether oxygens (including phenoxy) is 1. The number of hydrogen-bond donors (Lipinski definition) is 2. The van der Waals surface area contributed by atoms with Gasteiger partial charge in [0.2, 0.25) is 11.8 Å². The summed E-state index contributed by atoms with van der Waals surface area (Å²) in [7, 11) is 0. The van der Waals surface area contributed by atoms with Gasteiger partial charge in [0, 0.05) is 43.0 Å². The lowest BCUT2D eigenvalue weighted by Crippen LogP contribution is -2.48. The van der Waals surface area contributed by atoms with Crippen molar-refractivity contribution in [2.75, 3.05) is 19.6 Å². The summed E-state index contributed by atoms with van der Waals surface area (Å²) in [5.41, 5.74) is 1.21. The van der Waals surface area contributed by atoms with E-state index in [1.807, 2.05) is 0 Å². The van der Waals surface area contributed by atoms with Crippen molar-refractivity contribution in [3.8, 4) is 16.5 Å². The van der Waals surface area contributed by atoms with Gasteiger partial charge in [-0.1, -0.05) is 36.7 Å². The molecule has 2 atom stereocenters. The zero-order valence-corrected chi connectivity index (χ0v) is 23.8. The quantitative estimate of drug-likeness (QED) is 0.374. The third kappa shape index (κ3) is 5.90. The van der Waals surface area contributed by atoms with E-state index in [9.17, 15) is 28.0 Å². The molecule has 2 N–H and O–H groups in total. The SMILES string of the molecule is CC[C@H](CNC(=O)c1sc(-c2ccc(OC(F)F)nc2)nc1Cl)C(=O)N[C@@H]1C(=O)N2CCCN2C(=O)c2ccccc21. The molecule has 0 aliphatic carbocycles. The Balaban J connectivity index is 1.26. The predicted octanol–water partition coefficient (Wildman–Crippen LogP) is 3.68. The highest BCUT2D eigenvalue weighted by molar-refractivity contribution is 7.17. The highest BCUT2D eigenvalue weighted by Crippen LogP contribution is 2.32. The van der Waals surface area contributed by atoms with Gasteiger partial charge in [-0.05, 0) is 30.5 Å². The minimum absolute atomic E-state index is 0.0523. The number of nitrogens with one attached hydrogen (secondary N) is 2. The zero-order valence-electron chi connectivity index (χ0n) is 22.2. The molecule has 1 aromatic carbocycles. The van der Waals surface area contributed by atoms with Crippen LogP contribution in [0.4, 0.5) is 8.78 Å². The molecule has 2 aromatic heterocycles. The van der Waals surface area contributed by atoms with E-state index in [0.717, 1.165) is 11.3 Å². The Morgan fingerprint density at radius 1 is 1.17 bits per heavy atom. The molecule has 220 valence electrons. The molecule has 15 heteroatoms. The average Bonchev–Trinajstić information content (AvgIpc) is 3.61. The molecule has 11 nitrogen and oxygen atoms in total. The number of hydrogen-bond acceptors (Lipinski definition) is 8. The molecule has 0 unspecified atom stereocenters. The number of pyridine rings is 1. The van der Waals surface area contributed by atoms with Gasteiger partial charge in [-0.3, -0.25) is 19.2 Å². The molecule has 0 bridgehead atoms. The summed E-state index contributed by atoms with van der Waals surface area (Å²) in [4.78, 5) is 60.9. The largest absolute Gasteiger partial charge is 0.417 e. The molecule has 42 heavy (non-hydrogen) atoms. The second kappa shape index (κ2) is 12.4. The number of benzene rings is 1. The number of fused-ring (bicyclic) bond motifs is 2. The van der Waals surface area contributed by atoms with Crippen molar-refractivity contribution in [1.82, 2.24) is 30.6 Å². The maximum atomic E-state index is 13.4. The van der Waals surface area contributed by atoms with Gasteiger partial charge in [-0.2, -0.15) is 8.78 Å². The fourth-order valence-corrected chi connectivity index (χ4v) is 5.97. The molecule has 0 saturated carbocycles. The van der Waals surface area contributed by atoms with Crippen LogP contribution in [0.1, 0.15) is 51.4 Å². The van der Waals surface area contributed by atoms with Crippen LogP contribution in [-0.4, -0.2) is 69.9 Å². The Hall–Kier alpha value is -4.17. The Morgan fingerprint density at radius 2 is 1.93 bits per heavy atom. The van der Waals surface area contributed by atoms with Gasteiger partial charge in [0.05, 0.1) is 5.92 Å². The van der Waals surface area contributed by atoms with Crippen molar-refractivity contribution in [1.29, 1.82) is 0 Å². The minimum Gasteiger partial charge on any atom is -0.417 e. The van der Waals surface area contributed by atoms with Crippen molar-refractivity contribution >= 4 is 46.6 Å². The van der Waals surface area contributed by atoms with Crippen LogP contribution in [0.5, 0.6) is 5.88 Å². The zero-order chi connectivity index (χ0) is 30.0. The molecule has 2 aliphatic heterocycles. The molecule has 0 radical (unpaired) electrons. The molecule has 1 fully saturated rings. The number of nitrogens with zero attached hydrogens (tertiary/aromatic N) is 4. The van der Waals surface area contributed by atoms with Crippen molar-refractivity contribution < 1.29 is 32.7 Å². The highest BCUT2D eigenvalue weighted by atomic mass is 35.5. The molecule has 5 rings (SSSR count). The van der Waals surface area contributed by atoms with E-state index in [0.29, 0.717) is 47.6 Å². The topological polar surface area (TPSA) is 134 Å². The number of halogens is 3. The first-order chi connectivity index (χ1) is 20.2. The highest BCUT2D eigenvalue weighted by Gasteiger charge is 2.42. The second-order valence-electron chi connectivity index (χ2n) is 9.49. The van der Waals surface area contributed by atoms with Crippen LogP contribution in [0, 0.1) is 5.92 Å². The number of thiazole rings is 1. The first kappa shape index (κ1) is 29.3. The number of aromatic nitrogens is 2. The van der Waals surface area contributed by atoms with Crippen LogP contribution in [0.3, 0.4) is 0 Å². The summed E-state index contributed by atoms with van der Waals surface area (Å²) in [6.45, 7) is -0.495. The number of alkyl halides is 2. The van der Waals surface area contributed by atoms with Crippen molar-refractivity contribution in [2.24, 2.45) is 5.92 Å².